The van der Waals surface area contributed by atoms with Crippen LogP contribution in [0, 0.1) is 11.3 Å². The van der Waals surface area contributed by atoms with E-state index in [9.17, 15) is 5.26 Å². The molecule has 0 radical (unpaired) electrons. The van der Waals surface area contributed by atoms with E-state index >= 15 is 0 Å². The minimum Gasteiger partial charge on any atom is -0.306 e. The molecule has 0 aromatic carbocycles. The second-order valence-corrected chi connectivity index (χ2v) is 6.62. The smallest absolute Gasteiger partial charge is 0.105 e. The third kappa shape index (κ3) is 5.05. The first-order valence-electron chi connectivity index (χ1n) is 7.98. The van der Waals surface area contributed by atoms with Crippen LogP contribution in [0.15, 0.2) is 0 Å². The van der Waals surface area contributed by atoms with Gasteiger partial charge in [-0.15, -0.1) is 0 Å². The van der Waals surface area contributed by atoms with Crippen LogP contribution in [0.5, 0.6) is 0 Å². The molecule has 0 aromatic heterocycles. The molecule has 4 nitrogen and oxygen atoms in total. The van der Waals surface area contributed by atoms with Gasteiger partial charge in [0.25, 0.3) is 0 Å². The Morgan fingerprint density at radius 3 is 2.55 bits per heavy atom. The van der Waals surface area contributed by atoms with Gasteiger partial charge in [-0.2, -0.15) is 5.26 Å². The van der Waals surface area contributed by atoms with Gasteiger partial charge in [0, 0.05) is 12.1 Å². The maximum atomic E-state index is 9.45. The molecule has 1 aliphatic rings. The Labute approximate surface area is 125 Å². The highest BCUT2D eigenvalue weighted by molar-refractivity contribution is 5.05. The first kappa shape index (κ1) is 17.4. The van der Waals surface area contributed by atoms with Crippen LogP contribution in [-0.2, 0) is 0 Å². The normalized spacial score (nSPS) is 22.4. The summed E-state index contributed by atoms with van der Waals surface area (Å²) in [5.74, 6) is 0. The zero-order chi connectivity index (χ0) is 15.2. The van der Waals surface area contributed by atoms with E-state index in [2.05, 4.69) is 49.1 Å². The highest BCUT2D eigenvalue weighted by Gasteiger charge is 2.30. The number of hydrogen-bond donors (Lipinski definition) is 1. The monoisotopic (exact) mass is 280 g/mol. The zero-order valence-electron chi connectivity index (χ0n) is 13.9. The summed E-state index contributed by atoms with van der Waals surface area (Å²) in [6, 6.07) is 3.55. The first-order valence-corrected chi connectivity index (χ1v) is 7.98. The van der Waals surface area contributed by atoms with Crippen molar-refractivity contribution in [1.29, 1.82) is 5.26 Å². The molecular formula is C16H32N4. The summed E-state index contributed by atoms with van der Waals surface area (Å²) in [5, 5.41) is 12.8. The molecule has 2 atom stereocenters. The van der Waals surface area contributed by atoms with E-state index in [1.807, 2.05) is 6.92 Å². The number of hydrogen-bond acceptors (Lipinski definition) is 4. The van der Waals surface area contributed by atoms with E-state index in [4.69, 9.17) is 0 Å². The van der Waals surface area contributed by atoms with Crippen LogP contribution in [0.1, 0.15) is 46.5 Å². The van der Waals surface area contributed by atoms with E-state index in [0.29, 0.717) is 12.1 Å². The Morgan fingerprint density at radius 2 is 2.05 bits per heavy atom. The molecule has 0 bridgehead atoms. The van der Waals surface area contributed by atoms with Crippen molar-refractivity contribution in [3.8, 4) is 6.07 Å². The summed E-state index contributed by atoms with van der Waals surface area (Å²) in [7, 11) is 4.42. The van der Waals surface area contributed by atoms with Gasteiger partial charge in [0.2, 0.25) is 0 Å². The highest BCUT2D eigenvalue weighted by Crippen LogP contribution is 2.21. The lowest BCUT2D eigenvalue weighted by Gasteiger charge is -2.40. The van der Waals surface area contributed by atoms with E-state index < -0.39 is 5.54 Å². The molecule has 1 rings (SSSR count). The van der Waals surface area contributed by atoms with E-state index in [1.54, 1.807) is 0 Å². The minimum absolute atomic E-state index is 0.408. The van der Waals surface area contributed by atoms with Crippen molar-refractivity contribution in [3.63, 3.8) is 0 Å². The van der Waals surface area contributed by atoms with Crippen molar-refractivity contribution in [1.82, 2.24) is 15.1 Å². The second-order valence-electron chi connectivity index (χ2n) is 6.62. The fourth-order valence-electron chi connectivity index (χ4n) is 3.06. The summed E-state index contributed by atoms with van der Waals surface area (Å²) in [4.78, 5) is 4.88. The zero-order valence-corrected chi connectivity index (χ0v) is 13.9. The fourth-order valence-corrected chi connectivity index (χ4v) is 3.06. The summed E-state index contributed by atoms with van der Waals surface area (Å²) < 4.78 is 0. The molecule has 1 N–H and O–H groups in total. The molecular weight excluding hydrogens is 248 g/mol. The Bertz CT molecular complexity index is 317. The number of rotatable bonds is 7. The van der Waals surface area contributed by atoms with Gasteiger partial charge in [-0.05, 0) is 73.3 Å². The molecule has 0 aromatic rings. The van der Waals surface area contributed by atoms with Crippen LogP contribution in [0.4, 0.5) is 0 Å². The molecule has 0 amide bonds. The number of piperidine rings is 1. The molecule has 0 spiro atoms. The lowest BCUT2D eigenvalue weighted by Crippen LogP contribution is -2.50. The second kappa shape index (κ2) is 7.97. The van der Waals surface area contributed by atoms with Crippen molar-refractivity contribution in [2.24, 2.45) is 0 Å². The van der Waals surface area contributed by atoms with Gasteiger partial charge < -0.3 is 9.80 Å². The van der Waals surface area contributed by atoms with Gasteiger partial charge in [-0.3, -0.25) is 5.32 Å². The molecule has 1 heterocycles. The SMILES string of the molecule is CCCNC(C)(C#N)CC(C)N(C)C1CCN(C)CC1. The van der Waals surface area contributed by atoms with Gasteiger partial charge in [0.1, 0.15) is 5.54 Å². The van der Waals surface area contributed by atoms with Crippen LogP contribution < -0.4 is 5.32 Å². The molecule has 1 fully saturated rings. The third-order valence-electron chi connectivity index (χ3n) is 4.67. The molecule has 0 aliphatic carbocycles. The van der Waals surface area contributed by atoms with Crippen LogP contribution in [0.25, 0.3) is 0 Å². The summed E-state index contributed by atoms with van der Waals surface area (Å²) in [6.45, 7) is 9.70. The minimum atomic E-state index is -0.408. The van der Waals surface area contributed by atoms with E-state index in [1.165, 1.54) is 25.9 Å². The standard InChI is InChI=1S/C16H32N4/c1-6-9-18-16(3,13-17)12-14(2)20(5)15-7-10-19(4)11-8-15/h14-15,18H,6-12H2,1-5H3. The Kier molecular flexibility index (Phi) is 6.94. The van der Waals surface area contributed by atoms with Gasteiger partial charge in [-0.1, -0.05) is 6.92 Å². The van der Waals surface area contributed by atoms with Gasteiger partial charge >= 0.3 is 0 Å². The quantitative estimate of drug-likeness (QED) is 0.775. The van der Waals surface area contributed by atoms with Crippen molar-refractivity contribution < 1.29 is 0 Å². The van der Waals surface area contributed by atoms with Crippen molar-refractivity contribution >= 4 is 0 Å². The molecule has 1 saturated heterocycles. The summed E-state index contributed by atoms with van der Waals surface area (Å²) in [6.07, 6.45) is 4.43. The van der Waals surface area contributed by atoms with Gasteiger partial charge in [-0.25, -0.2) is 0 Å². The number of nitrogens with zero attached hydrogens (tertiary/aromatic N) is 3. The molecule has 20 heavy (non-hydrogen) atoms. The Morgan fingerprint density at radius 1 is 1.45 bits per heavy atom. The average Bonchev–Trinajstić information content (AvgIpc) is 2.45. The lowest BCUT2D eigenvalue weighted by atomic mass is 9.92. The van der Waals surface area contributed by atoms with Crippen molar-refractivity contribution in [2.75, 3.05) is 33.7 Å². The maximum absolute atomic E-state index is 9.45. The van der Waals surface area contributed by atoms with Crippen molar-refractivity contribution in [3.05, 3.63) is 0 Å². The topological polar surface area (TPSA) is 42.3 Å². The number of nitrogens with one attached hydrogen (secondary N) is 1. The van der Waals surface area contributed by atoms with Crippen molar-refractivity contribution in [2.45, 2.75) is 64.1 Å². The maximum Gasteiger partial charge on any atom is 0.105 e. The molecule has 0 saturated carbocycles. The van der Waals surface area contributed by atoms with E-state index in [-0.39, 0.29) is 0 Å². The molecule has 2 unspecified atom stereocenters. The molecule has 4 heteroatoms. The number of nitriles is 1. The van der Waals surface area contributed by atoms with E-state index in [0.717, 1.165) is 19.4 Å². The molecule has 1 aliphatic heterocycles. The highest BCUT2D eigenvalue weighted by atomic mass is 15.2. The summed E-state index contributed by atoms with van der Waals surface area (Å²) in [5.41, 5.74) is -0.408. The first-order chi connectivity index (χ1) is 9.41. The fraction of sp³-hybridized carbons (Fsp3) is 0.938. The molecule has 116 valence electrons. The Hall–Kier alpha value is -0.630. The Balaban J connectivity index is 2.51. The average molecular weight is 280 g/mol. The predicted octanol–water partition coefficient (Wildman–Crippen LogP) is 2.07. The van der Waals surface area contributed by atoms with Crippen LogP contribution in [-0.4, -0.2) is 61.2 Å². The van der Waals surface area contributed by atoms with Crippen LogP contribution >= 0.6 is 0 Å². The number of likely N-dealkylation sites (tertiary alicyclic amines) is 1. The van der Waals surface area contributed by atoms with Gasteiger partial charge in [0.15, 0.2) is 0 Å². The van der Waals surface area contributed by atoms with Gasteiger partial charge in [0.05, 0.1) is 6.07 Å². The summed E-state index contributed by atoms with van der Waals surface area (Å²) >= 11 is 0. The lowest BCUT2D eigenvalue weighted by molar-refractivity contribution is 0.101. The van der Waals surface area contributed by atoms with Crippen LogP contribution in [0.3, 0.4) is 0 Å². The van der Waals surface area contributed by atoms with Crippen LogP contribution in [0.2, 0.25) is 0 Å². The predicted molar refractivity (Wildman–Crippen MR) is 84.7 cm³/mol. The largest absolute Gasteiger partial charge is 0.306 e. The third-order valence-corrected chi connectivity index (χ3v) is 4.67.